The molecule has 0 spiro atoms. The summed E-state index contributed by atoms with van der Waals surface area (Å²) in [6, 6.07) is 8.81. The molecule has 0 bridgehead atoms. The highest BCUT2D eigenvalue weighted by Gasteiger charge is 2.40. The maximum absolute atomic E-state index is 13.3. The molecule has 35 heavy (non-hydrogen) atoms. The zero-order valence-corrected chi connectivity index (χ0v) is 19.9. The summed E-state index contributed by atoms with van der Waals surface area (Å²) < 4.78 is 45.3. The van der Waals surface area contributed by atoms with Gasteiger partial charge in [0.25, 0.3) is 0 Å². The van der Waals surface area contributed by atoms with Gasteiger partial charge in [-0.1, -0.05) is 12.1 Å². The Bertz CT molecular complexity index is 1220. The van der Waals surface area contributed by atoms with Crippen molar-refractivity contribution in [2.24, 2.45) is 0 Å². The van der Waals surface area contributed by atoms with Crippen LogP contribution in [0.15, 0.2) is 42.6 Å². The van der Waals surface area contributed by atoms with Gasteiger partial charge in [0.05, 0.1) is 6.20 Å². The van der Waals surface area contributed by atoms with E-state index in [9.17, 15) is 18.0 Å². The molecule has 0 saturated carbocycles. The van der Waals surface area contributed by atoms with E-state index in [1.165, 1.54) is 0 Å². The number of nitrogens with one attached hydrogen (secondary N) is 1. The molecule has 3 aromatic rings. The molecule has 7 nitrogen and oxygen atoms in total. The Labute approximate surface area is 207 Å². The van der Waals surface area contributed by atoms with Crippen LogP contribution in [-0.2, 0) is 17.9 Å². The number of benzene rings is 2. The lowest BCUT2D eigenvalue weighted by molar-refractivity contribution is -0.119. The topological polar surface area (TPSA) is 70.6 Å². The summed E-state index contributed by atoms with van der Waals surface area (Å²) >= 11 is 0. The maximum atomic E-state index is 13.3. The molecule has 184 valence electrons. The average molecular weight is 504 g/mol. The van der Waals surface area contributed by atoms with Crippen molar-refractivity contribution < 1.29 is 22.7 Å². The number of hydrogen-bond acceptors (Lipinski definition) is 6. The third kappa shape index (κ3) is 4.86. The summed E-state index contributed by atoms with van der Waals surface area (Å²) in [6.45, 7) is 1.17. The first-order valence-corrected chi connectivity index (χ1v) is 10.9. The minimum atomic E-state index is -1.50. The first-order chi connectivity index (χ1) is 16.4. The van der Waals surface area contributed by atoms with Crippen LogP contribution in [0.25, 0.3) is 0 Å². The van der Waals surface area contributed by atoms with E-state index in [1.54, 1.807) is 30.3 Å². The monoisotopic (exact) mass is 503 g/mol. The van der Waals surface area contributed by atoms with Crippen molar-refractivity contribution in [1.29, 1.82) is 0 Å². The number of nitrogens with zero attached hydrogens (tertiary/aromatic N) is 4. The number of halogens is 3. The van der Waals surface area contributed by atoms with E-state index in [0.29, 0.717) is 23.9 Å². The largest absolute Gasteiger partial charge is 0.489 e. The number of amides is 1. The molecule has 11 heteroatoms. The van der Waals surface area contributed by atoms with Crippen LogP contribution >= 0.6 is 13.5 Å². The Morgan fingerprint density at radius 2 is 1.83 bits per heavy atom. The lowest BCUT2D eigenvalue weighted by atomic mass is 10.1. The van der Waals surface area contributed by atoms with Crippen LogP contribution in [0.2, 0.25) is 0 Å². The van der Waals surface area contributed by atoms with Gasteiger partial charge in [0, 0.05) is 20.1 Å². The first kappa shape index (κ1) is 24.6. The molecule has 0 unspecified atom stereocenters. The lowest BCUT2D eigenvalue weighted by Gasteiger charge is -2.36. The zero-order valence-electron chi connectivity index (χ0n) is 18.9. The number of carbonyl (C=O) groups excluding carboxylic acids is 1. The molecule has 1 N–H and O–H groups in total. The van der Waals surface area contributed by atoms with Gasteiger partial charge in [0.1, 0.15) is 24.1 Å². The van der Waals surface area contributed by atoms with E-state index in [2.05, 4.69) is 20.2 Å². The van der Waals surface area contributed by atoms with Crippen LogP contribution in [0.4, 0.5) is 30.6 Å². The number of ether oxygens (including phenoxy) is 1. The third-order valence-electron chi connectivity index (χ3n) is 6.07. The van der Waals surface area contributed by atoms with Gasteiger partial charge >= 0.3 is 0 Å². The van der Waals surface area contributed by atoms with E-state index in [1.807, 2.05) is 12.1 Å². The van der Waals surface area contributed by atoms with Gasteiger partial charge < -0.3 is 19.9 Å². The van der Waals surface area contributed by atoms with Crippen molar-refractivity contribution in [3.63, 3.8) is 0 Å². The van der Waals surface area contributed by atoms with Gasteiger partial charge in [-0.25, -0.2) is 18.2 Å². The molecule has 1 amide bonds. The number of anilines is 3. The molecule has 2 aliphatic heterocycles. The van der Waals surface area contributed by atoms with Gasteiger partial charge in [-0.3, -0.25) is 4.79 Å². The van der Waals surface area contributed by atoms with Gasteiger partial charge in [-0.2, -0.15) is 18.5 Å². The Morgan fingerprint density at radius 1 is 1.11 bits per heavy atom. The summed E-state index contributed by atoms with van der Waals surface area (Å²) in [5.41, 5.74) is 1.84. The van der Waals surface area contributed by atoms with Crippen LogP contribution in [0.1, 0.15) is 24.0 Å². The molecule has 1 saturated heterocycles. The number of likely N-dealkylation sites (N-methyl/N-ethyl adjacent to an activating group) is 1. The Hall–Kier alpha value is -3.47. The number of fused-ring (bicyclic) bond motifs is 3. The lowest BCUT2D eigenvalue weighted by Crippen LogP contribution is -2.49. The van der Waals surface area contributed by atoms with Gasteiger partial charge in [0.2, 0.25) is 11.9 Å². The third-order valence-corrected chi connectivity index (χ3v) is 6.07. The molecule has 0 radical (unpaired) electrons. The minimum Gasteiger partial charge on any atom is -0.489 e. The summed E-state index contributed by atoms with van der Waals surface area (Å²) in [5, 5.41) is 3.20. The van der Waals surface area contributed by atoms with E-state index in [-0.39, 0.29) is 37.6 Å². The molecular formula is C24H24F3N5O2S. The van der Waals surface area contributed by atoms with E-state index < -0.39 is 17.5 Å². The second kappa shape index (κ2) is 10.0. The number of hydrogen-bond donors (Lipinski definition) is 1. The molecular weight excluding hydrogens is 479 g/mol. The quantitative estimate of drug-likeness (QED) is 0.510. The normalized spacial score (nSPS) is 16.5. The molecule has 2 aromatic carbocycles. The minimum absolute atomic E-state index is 0. The fourth-order valence-electron chi connectivity index (χ4n) is 4.26. The fraction of sp³-hybridized carbons (Fsp3) is 0.292. The molecule has 5 rings (SSSR count). The molecule has 1 atom stereocenters. The Balaban J connectivity index is 0.00000289. The van der Waals surface area contributed by atoms with Crippen LogP contribution in [0, 0.1) is 17.5 Å². The summed E-state index contributed by atoms with van der Waals surface area (Å²) in [6.07, 6.45) is 3.44. The van der Waals surface area contributed by atoms with Gasteiger partial charge in [0.15, 0.2) is 23.3 Å². The van der Waals surface area contributed by atoms with Crippen LogP contribution in [0.5, 0.6) is 5.75 Å². The number of aromatic nitrogens is 2. The predicted octanol–water partition coefficient (Wildman–Crippen LogP) is 4.14. The van der Waals surface area contributed by atoms with Crippen molar-refractivity contribution in [3.8, 4) is 5.75 Å². The second-order valence-electron chi connectivity index (χ2n) is 8.31. The second-order valence-corrected chi connectivity index (χ2v) is 8.31. The molecule has 0 aliphatic carbocycles. The van der Waals surface area contributed by atoms with Crippen molar-refractivity contribution in [2.45, 2.75) is 32.0 Å². The highest BCUT2D eigenvalue weighted by molar-refractivity contribution is 7.59. The highest BCUT2D eigenvalue weighted by Crippen LogP contribution is 2.37. The van der Waals surface area contributed by atoms with Gasteiger partial charge in [-0.05, 0) is 48.2 Å². The summed E-state index contributed by atoms with van der Waals surface area (Å²) in [5.74, 6) is -2.18. The standard InChI is InChI=1S/C24H22F3N5O2.H2S/c1-31-20-12-29-24(30-22(20)32-8-2-3-19(32)23(31)33)28-11-14-4-6-16(7-5-14)34-13-15-9-17(25)21(27)18(26)10-15;/h4-7,9-10,12,19H,2-3,8,11,13H2,1H3,(H,28,29,30);1H2/t19-;/m0./s1. The summed E-state index contributed by atoms with van der Waals surface area (Å²) in [7, 11) is 1.75. The molecule has 1 aromatic heterocycles. The SMILES string of the molecule is CN1C(=O)[C@@H]2CCCN2c2nc(NCc3ccc(OCc4cc(F)c(F)c(F)c4)cc3)ncc21.S. The maximum Gasteiger partial charge on any atom is 0.249 e. The van der Waals surface area contributed by atoms with Crippen LogP contribution < -0.4 is 19.9 Å². The van der Waals surface area contributed by atoms with Crippen LogP contribution in [0.3, 0.4) is 0 Å². The molecule has 3 heterocycles. The molecule has 1 fully saturated rings. The van der Waals surface area contributed by atoms with Gasteiger partial charge in [-0.15, -0.1) is 0 Å². The van der Waals surface area contributed by atoms with Crippen molar-refractivity contribution in [1.82, 2.24) is 9.97 Å². The Kier molecular flexibility index (Phi) is 7.06. The predicted molar refractivity (Wildman–Crippen MR) is 131 cm³/mol. The highest BCUT2D eigenvalue weighted by atomic mass is 32.1. The van der Waals surface area contributed by atoms with E-state index in [0.717, 1.165) is 42.9 Å². The first-order valence-electron chi connectivity index (χ1n) is 10.9. The van der Waals surface area contributed by atoms with Crippen molar-refractivity contribution >= 4 is 36.9 Å². The fourth-order valence-corrected chi connectivity index (χ4v) is 4.26. The van der Waals surface area contributed by atoms with E-state index >= 15 is 0 Å². The summed E-state index contributed by atoms with van der Waals surface area (Å²) in [4.78, 5) is 25.2. The van der Waals surface area contributed by atoms with Crippen molar-refractivity contribution in [2.75, 3.05) is 28.7 Å². The Morgan fingerprint density at radius 3 is 2.54 bits per heavy atom. The van der Waals surface area contributed by atoms with Crippen LogP contribution in [-0.4, -0.2) is 35.5 Å². The number of rotatable bonds is 6. The zero-order chi connectivity index (χ0) is 23.8. The smallest absolute Gasteiger partial charge is 0.249 e. The van der Waals surface area contributed by atoms with Crippen molar-refractivity contribution in [3.05, 3.63) is 71.2 Å². The molecule has 2 aliphatic rings. The average Bonchev–Trinajstić information content (AvgIpc) is 3.34. The number of carbonyl (C=O) groups is 1. The van der Waals surface area contributed by atoms with E-state index in [4.69, 9.17) is 4.74 Å².